The van der Waals surface area contributed by atoms with E-state index in [-0.39, 0.29) is 35.4 Å². The molecule has 12 heteroatoms. The van der Waals surface area contributed by atoms with Crippen LogP contribution in [0.2, 0.25) is 5.02 Å². The van der Waals surface area contributed by atoms with Gasteiger partial charge in [0.1, 0.15) is 27.9 Å². The first-order valence-electron chi connectivity index (χ1n) is 9.15. The van der Waals surface area contributed by atoms with Crippen LogP contribution in [-0.2, 0) is 6.18 Å². The van der Waals surface area contributed by atoms with E-state index in [9.17, 15) is 18.3 Å². The number of benzene rings is 2. The summed E-state index contributed by atoms with van der Waals surface area (Å²) in [5, 5.41) is 32.8. The van der Waals surface area contributed by atoms with Gasteiger partial charge in [-0.25, -0.2) is 0 Å². The molecule has 1 heterocycles. The van der Waals surface area contributed by atoms with Gasteiger partial charge in [-0.05, 0) is 54.9 Å². The number of nitrogens with zero attached hydrogens (tertiary/aromatic N) is 1. The van der Waals surface area contributed by atoms with Crippen molar-refractivity contribution in [2.75, 3.05) is 11.9 Å². The lowest BCUT2D eigenvalue weighted by molar-refractivity contribution is -0.137. The Hall–Kier alpha value is -3.02. The highest BCUT2D eigenvalue weighted by Gasteiger charge is 2.34. The zero-order valence-corrected chi connectivity index (χ0v) is 18.1. The third-order valence-corrected chi connectivity index (χ3v) is 5.34. The molecule has 0 saturated heterocycles. The Morgan fingerprint density at radius 1 is 1.25 bits per heavy atom. The summed E-state index contributed by atoms with van der Waals surface area (Å²) in [4.78, 5) is 0. The number of anilines is 2. The number of hydrogen-bond donors (Lipinski definition) is 5. The van der Waals surface area contributed by atoms with E-state index < -0.39 is 22.8 Å². The fourth-order valence-corrected chi connectivity index (χ4v) is 3.62. The maximum absolute atomic E-state index is 13.0. The topological polar surface area (TPSA) is 110 Å². The van der Waals surface area contributed by atoms with Crippen LogP contribution in [0.4, 0.5) is 23.9 Å². The van der Waals surface area contributed by atoms with Crippen molar-refractivity contribution >= 4 is 39.7 Å². The van der Waals surface area contributed by atoms with Crippen LogP contribution in [0, 0.1) is 5.41 Å². The number of rotatable bonds is 7. The predicted molar refractivity (Wildman–Crippen MR) is 117 cm³/mol. The third-order valence-electron chi connectivity index (χ3n) is 4.20. The summed E-state index contributed by atoms with van der Waals surface area (Å²) in [6, 6.07) is 9.27. The van der Waals surface area contributed by atoms with Crippen molar-refractivity contribution in [3.63, 3.8) is 0 Å². The van der Waals surface area contributed by atoms with Crippen LogP contribution in [0.5, 0.6) is 17.4 Å². The van der Waals surface area contributed by atoms with E-state index in [0.717, 1.165) is 17.6 Å². The van der Waals surface area contributed by atoms with Crippen LogP contribution >= 0.6 is 23.1 Å². The Morgan fingerprint density at radius 2 is 1.94 bits per heavy atom. The number of nitrogens with one attached hydrogen (secondary N) is 3. The average molecular weight is 487 g/mol. The lowest BCUT2D eigenvalue weighted by Gasteiger charge is -2.14. The van der Waals surface area contributed by atoms with E-state index in [0.29, 0.717) is 10.7 Å². The highest BCUT2D eigenvalue weighted by atomic mass is 35.5. The van der Waals surface area contributed by atoms with Crippen LogP contribution in [0.15, 0.2) is 42.5 Å². The van der Waals surface area contributed by atoms with Crippen LogP contribution in [0.25, 0.3) is 0 Å². The minimum atomic E-state index is -4.60. The molecule has 0 fully saturated rings. The maximum atomic E-state index is 13.0. The molecule has 1 atom stereocenters. The normalized spacial score (nSPS) is 12.3. The van der Waals surface area contributed by atoms with Gasteiger partial charge in [0.2, 0.25) is 5.88 Å². The van der Waals surface area contributed by atoms with Crippen molar-refractivity contribution in [2.45, 2.75) is 19.1 Å². The first kappa shape index (κ1) is 23.6. The van der Waals surface area contributed by atoms with Crippen molar-refractivity contribution in [1.29, 1.82) is 5.41 Å². The van der Waals surface area contributed by atoms with E-state index in [1.165, 1.54) is 24.3 Å². The number of aliphatic hydroxyl groups excluding tert-OH is 1. The van der Waals surface area contributed by atoms with Gasteiger partial charge < -0.3 is 25.6 Å². The number of hydrogen-bond acceptors (Lipinski definition) is 7. The fraction of sp³-hybridized carbons (Fsp3) is 0.200. The largest absolute Gasteiger partial charge is 0.492 e. The van der Waals surface area contributed by atoms with Crippen LogP contribution in [0.1, 0.15) is 18.1 Å². The van der Waals surface area contributed by atoms with Gasteiger partial charge >= 0.3 is 6.18 Å². The molecule has 2 aromatic carbocycles. The molecule has 1 aromatic heterocycles. The Bertz CT molecular complexity index is 1110. The average Bonchev–Trinajstić information content (AvgIpc) is 3.10. The van der Waals surface area contributed by atoms with E-state index in [1.54, 1.807) is 19.1 Å². The molecule has 0 saturated carbocycles. The number of aliphatic hydroxyl groups is 1. The second-order valence-electron chi connectivity index (χ2n) is 6.68. The first-order chi connectivity index (χ1) is 15.1. The molecule has 5 N–H and O–H groups in total. The number of ether oxygens (including phenoxy) is 1. The summed E-state index contributed by atoms with van der Waals surface area (Å²) in [7, 11) is 0. The van der Waals surface area contributed by atoms with E-state index >= 15 is 0 Å². The summed E-state index contributed by atoms with van der Waals surface area (Å²) >= 11 is 6.79. The maximum Gasteiger partial charge on any atom is 0.417 e. The predicted octanol–water partition coefficient (Wildman–Crippen LogP) is 5.35. The molecular weight excluding hydrogens is 469 g/mol. The van der Waals surface area contributed by atoms with Gasteiger partial charge in [0.05, 0.1) is 17.2 Å². The van der Waals surface area contributed by atoms with Crippen LogP contribution < -0.4 is 15.4 Å². The zero-order chi connectivity index (χ0) is 23.5. The van der Waals surface area contributed by atoms with Crippen LogP contribution in [0.3, 0.4) is 0 Å². The molecule has 0 aliphatic heterocycles. The number of aromatic nitrogens is 1. The van der Waals surface area contributed by atoms with Crippen molar-refractivity contribution in [3.8, 4) is 17.4 Å². The van der Waals surface area contributed by atoms with Gasteiger partial charge in [0.25, 0.3) is 0 Å². The molecule has 0 aliphatic carbocycles. The monoisotopic (exact) mass is 486 g/mol. The number of halogens is 4. The standard InChI is InChI=1S/C20H18ClF3N4O3S/c1-10(9-29)26-17(25)15-18(30)28-32-19(15)27-11-5-7-12(8-6-11)31-14-4-2-3-13(16(14)21)20(22,23)24/h2-8,10,27,29H,9H2,1H3,(H2,25,26)(H,28,30). The van der Waals surface area contributed by atoms with Gasteiger partial charge in [-0.3, -0.25) is 5.41 Å². The molecule has 32 heavy (non-hydrogen) atoms. The number of aromatic hydroxyl groups is 1. The van der Waals surface area contributed by atoms with Gasteiger partial charge in [-0.2, -0.15) is 17.5 Å². The Morgan fingerprint density at radius 3 is 2.56 bits per heavy atom. The highest BCUT2D eigenvalue weighted by Crippen LogP contribution is 2.41. The van der Waals surface area contributed by atoms with Crippen molar-refractivity contribution in [3.05, 3.63) is 58.6 Å². The van der Waals surface area contributed by atoms with E-state index in [2.05, 4.69) is 15.0 Å². The second-order valence-corrected chi connectivity index (χ2v) is 7.83. The molecule has 0 bridgehead atoms. The summed E-state index contributed by atoms with van der Waals surface area (Å²) in [6.45, 7) is 1.48. The molecule has 3 rings (SSSR count). The molecule has 7 nitrogen and oxygen atoms in total. The fourth-order valence-electron chi connectivity index (χ4n) is 2.63. The van der Waals surface area contributed by atoms with Crippen molar-refractivity contribution < 1.29 is 28.1 Å². The molecule has 170 valence electrons. The Kier molecular flexibility index (Phi) is 7.12. The molecule has 1 unspecified atom stereocenters. The van der Waals surface area contributed by atoms with E-state index in [4.69, 9.17) is 26.9 Å². The van der Waals surface area contributed by atoms with Gasteiger partial charge in [0.15, 0.2) is 0 Å². The number of alkyl halides is 3. The van der Waals surface area contributed by atoms with Gasteiger partial charge in [-0.1, -0.05) is 17.7 Å². The van der Waals surface area contributed by atoms with Gasteiger partial charge in [-0.15, -0.1) is 0 Å². The molecule has 0 radical (unpaired) electrons. The molecule has 0 amide bonds. The summed E-state index contributed by atoms with van der Waals surface area (Å²) < 4.78 is 48.4. The minimum absolute atomic E-state index is 0.112. The zero-order valence-electron chi connectivity index (χ0n) is 16.5. The summed E-state index contributed by atoms with van der Waals surface area (Å²) in [5.74, 6) is -0.316. The number of amidine groups is 1. The van der Waals surface area contributed by atoms with Crippen LogP contribution in [-0.4, -0.2) is 33.1 Å². The molecule has 0 spiro atoms. The summed E-state index contributed by atoms with van der Waals surface area (Å²) in [6.07, 6.45) is -4.60. The smallest absolute Gasteiger partial charge is 0.417 e. The second kappa shape index (κ2) is 9.63. The Balaban J connectivity index is 1.75. The van der Waals surface area contributed by atoms with Gasteiger partial charge in [0, 0.05) is 11.7 Å². The minimum Gasteiger partial charge on any atom is -0.492 e. The summed E-state index contributed by atoms with van der Waals surface area (Å²) in [5.41, 5.74) is -0.286. The molecule has 0 aliphatic rings. The Labute approximate surface area is 190 Å². The van der Waals surface area contributed by atoms with Crippen molar-refractivity contribution in [2.24, 2.45) is 0 Å². The SMILES string of the molecule is CC(CO)NC(=N)c1c(O)nsc1Nc1ccc(Oc2cccc(C(F)(F)F)c2Cl)cc1. The highest BCUT2D eigenvalue weighted by molar-refractivity contribution is 7.11. The van der Waals surface area contributed by atoms with E-state index in [1.807, 2.05) is 0 Å². The lowest BCUT2D eigenvalue weighted by Crippen LogP contribution is -2.35. The molecular formula is C20H18ClF3N4O3S. The molecule has 3 aromatic rings. The van der Waals surface area contributed by atoms with Crippen molar-refractivity contribution in [1.82, 2.24) is 9.69 Å². The lowest BCUT2D eigenvalue weighted by atomic mass is 10.2. The quantitative estimate of drug-likeness (QED) is 0.227. The first-order valence-corrected chi connectivity index (χ1v) is 10.3. The third kappa shape index (κ3) is 5.42.